The number of hydrogen-bond donors (Lipinski definition) is 2. The molecule has 2 heterocycles. The van der Waals surface area contributed by atoms with Gasteiger partial charge in [0.2, 0.25) is 0 Å². The molecule has 6 nitrogen and oxygen atoms in total. The molecule has 1 fully saturated rings. The van der Waals surface area contributed by atoms with Gasteiger partial charge in [-0.05, 0) is 79.1 Å². The molecule has 3 aromatic carbocycles. The van der Waals surface area contributed by atoms with Gasteiger partial charge in [0.1, 0.15) is 0 Å². The van der Waals surface area contributed by atoms with E-state index < -0.39 is 0 Å². The van der Waals surface area contributed by atoms with E-state index in [0.29, 0.717) is 23.4 Å². The first-order valence-corrected chi connectivity index (χ1v) is 14.4. The Kier molecular flexibility index (Phi) is 8.94. The van der Waals surface area contributed by atoms with Crippen LogP contribution in [0.25, 0.3) is 0 Å². The predicted octanol–water partition coefficient (Wildman–Crippen LogP) is 6.14. The van der Waals surface area contributed by atoms with Crippen molar-refractivity contribution in [1.29, 1.82) is 0 Å². The lowest BCUT2D eigenvalue weighted by Crippen LogP contribution is -2.35. The van der Waals surface area contributed by atoms with Gasteiger partial charge in [-0.3, -0.25) is 9.59 Å². The number of anilines is 2. The van der Waals surface area contributed by atoms with Crippen LogP contribution in [0.15, 0.2) is 66.7 Å². The molecule has 204 valence electrons. The average molecular weight is 526 g/mol. The summed E-state index contributed by atoms with van der Waals surface area (Å²) in [6, 6.07) is 22.0. The number of benzene rings is 3. The van der Waals surface area contributed by atoms with E-state index in [9.17, 15) is 9.59 Å². The Balaban J connectivity index is 1.33. The average Bonchev–Trinajstić information content (AvgIpc) is 3.50. The van der Waals surface area contributed by atoms with Gasteiger partial charge in [-0.15, -0.1) is 0 Å². The molecule has 5 rings (SSSR count). The highest BCUT2D eigenvalue weighted by molar-refractivity contribution is 6.06. The maximum Gasteiger partial charge on any atom is 0.255 e. The van der Waals surface area contributed by atoms with E-state index in [-0.39, 0.29) is 17.9 Å². The topological polar surface area (TPSA) is 70.7 Å². The molecule has 6 heteroatoms. The Labute approximate surface area is 231 Å². The zero-order valence-electron chi connectivity index (χ0n) is 22.9. The summed E-state index contributed by atoms with van der Waals surface area (Å²) in [5.41, 5.74) is 6.55. The summed E-state index contributed by atoms with van der Waals surface area (Å²) in [6.07, 6.45) is 7.58. The first-order chi connectivity index (χ1) is 19.1. The number of hydrogen-bond acceptors (Lipinski definition) is 4. The third-order valence-corrected chi connectivity index (χ3v) is 7.77. The Morgan fingerprint density at radius 3 is 2.56 bits per heavy atom. The van der Waals surface area contributed by atoms with E-state index in [0.717, 1.165) is 57.5 Å². The fourth-order valence-corrected chi connectivity index (χ4v) is 5.49. The van der Waals surface area contributed by atoms with Crippen LogP contribution in [0.5, 0.6) is 0 Å². The number of carbonyl (C=O) groups is 2. The van der Waals surface area contributed by atoms with Crippen molar-refractivity contribution in [3.8, 4) is 0 Å². The summed E-state index contributed by atoms with van der Waals surface area (Å²) in [5.74, 6) is -0.327. The molecule has 0 radical (unpaired) electrons. The fraction of sp³-hybridized carbons (Fsp3) is 0.394. The first-order valence-electron chi connectivity index (χ1n) is 14.4. The molecule has 0 aliphatic carbocycles. The van der Waals surface area contributed by atoms with Gasteiger partial charge in [-0.2, -0.15) is 0 Å². The van der Waals surface area contributed by atoms with Gasteiger partial charge in [0.05, 0.1) is 11.7 Å². The summed E-state index contributed by atoms with van der Waals surface area (Å²) in [5, 5.41) is 6.08. The van der Waals surface area contributed by atoms with Crippen molar-refractivity contribution < 1.29 is 14.3 Å². The lowest BCUT2D eigenvalue weighted by atomic mass is 9.98. The Morgan fingerprint density at radius 1 is 0.974 bits per heavy atom. The molecule has 1 unspecified atom stereocenters. The maximum atomic E-state index is 13.5. The number of rotatable bonds is 10. The van der Waals surface area contributed by atoms with Crippen molar-refractivity contribution in [2.45, 2.75) is 64.5 Å². The van der Waals surface area contributed by atoms with Gasteiger partial charge < -0.3 is 20.3 Å². The van der Waals surface area contributed by atoms with Gasteiger partial charge in [-0.1, -0.05) is 56.2 Å². The van der Waals surface area contributed by atoms with Crippen LogP contribution >= 0.6 is 0 Å². The fourth-order valence-electron chi connectivity index (χ4n) is 5.49. The van der Waals surface area contributed by atoms with Crippen LogP contribution in [0.3, 0.4) is 0 Å². The Hall–Kier alpha value is -3.64. The summed E-state index contributed by atoms with van der Waals surface area (Å²) < 4.78 is 5.70. The number of fused-ring (bicyclic) bond motifs is 1. The molecule has 0 aromatic heterocycles. The third kappa shape index (κ3) is 6.87. The van der Waals surface area contributed by atoms with Crippen LogP contribution in [0.2, 0.25) is 0 Å². The highest BCUT2D eigenvalue weighted by atomic mass is 16.5. The van der Waals surface area contributed by atoms with Crippen LogP contribution in [0, 0.1) is 0 Å². The number of nitrogens with zero attached hydrogens (tertiary/aromatic N) is 1. The summed E-state index contributed by atoms with van der Waals surface area (Å²) in [7, 11) is 0. The van der Waals surface area contributed by atoms with E-state index in [4.69, 9.17) is 4.74 Å². The lowest BCUT2D eigenvalue weighted by molar-refractivity contribution is 0.0858. The van der Waals surface area contributed by atoms with Crippen molar-refractivity contribution >= 4 is 23.2 Å². The molecule has 1 saturated heterocycles. The minimum absolute atomic E-state index is 0.0621. The van der Waals surface area contributed by atoms with E-state index in [1.54, 1.807) is 6.07 Å². The van der Waals surface area contributed by atoms with Crippen LogP contribution in [-0.2, 0) is 24.1 Å². The number of nitrogens with one attached hydrogen (secondary N) is 2. The van der Waals surface area contributed by atoms with Gasteiger partial charge in [-0.25, -0.2) is 0 Å². The minimum Gasteiger partial charge on any atom is -0.376 e. The molecule has 2 aliphatic rings. The molecule has 39 heavy (non-hydrogen) atoms. The first kappa shape index (κ1) is 26.9. The number of carbonyl (C=O) groups excluding carboxylic acids is 2. The monoisotopic (exact) mass is 525 g/mol. The number of amides is 2. The Morgan fingerprint density at radius 2 is 1.79 bits per heavy atom. The maximum absolute atomic E-state index is 13.5. The molecular weight excluding hydrogens is 486 g/mol. The summed E-state index contributed by atoms with van der Waals surface area (Å²) >= 11 is 0. The normalized spacial score (nSPS) is 16.5. The van der Waals surface area contributed by atoms with Crippen LogP contribution < -0.4 is 15.5 Å². The van der Waals surface area contributed by atoms with Crippen molar-refractivity contribution in [3.63, 3.8) is 0 Å². The second-order valence-corrected chi connectivity index (χ2v) is 10.6. The van der Waals surface area contributed by atoms with E-state index in [1.807, 2.05) is 36.4 Å². The largest absolute Gasteiger partial charge is 0.376 e. The molecular formula is C33H39N3O3. The molecule has 2 amide bonds. The van der Waals surface area contributed by atoms with E-state index >= 15 is 0 Å². The van der Waals surface area contributed by atoms with Gasteiger partial charge >= 0.3 is 0 Å². The molecule has 1 atom stereocenters. The molecule has 0 bridgehead atoms. The van der Waals surface area contributed by atoms with Gasteiger partial charge in [0.25, 0.3) is 11.8 Å². The van der Waals surface area contributed by atoms with Crippen molar-refractivity contribution in [2.75, 3.05) is 29.9 Å². The van der Waals surface area contributed by atoms with E-state index in [1.165, 1.54) is 29.5 Å². The molecule has 0 spiro atoms. The van der Waals surface area contributed by atoms with Crippen LogP contribution in [-0.4, -0.2) is 37.6 Å². The smallest absolute Gasteiger partial charge is 0.255 e. The zero-order chi connectivity index (χ0) is 27.0. The number of aryl methyl sites for hydroxylation is 1. The van der Waals surface area contributed by atoms with Crippen molar-refractivity contribution in [3.05, 3.63) is 94.5 Å². The molecule has 3 aromatic rings. The Bertz CT molecular complexity index is 1280. The van der Waals surface area contributed by atoms with E-state index in [2.05, 4.69) is 46.7 Å². The summed E-state index contributed by atoms with van der Waals surface area (Å²) in [6.45, 7) is 5.02. The number of ether oxygens (including phenoxy) is 1. The second-order valence-electron chi connectivity index (χ2n) is 10.6. The zero-order valence-corrected chi connectivity index (χ0v) is 22.9. The SMILES string of the molecule is CCCCCc1ccc(C(=O)Nc2ccc(N3CCc4ccccc4C3)c(C(=O)NCC3CCCO3)c2)cc1. The highest BCUT2D eigenvalue weighted by Gasteiger charge is 2.23. The van der Waals surface area contributed by atoms with Gasteiger partial charge in [0.15, 0.2) is 0 Å². The summed E-state index contributed by atoms with van der Waals surface area (Å²) in [4.78, 5) is 28.8. The van der Waals surface area contributed by atoms with Crippen molar-refractivity contribution in [1.82, 2.24) is 5.32 Å². The quantitative estimate of drug-likeness (QED) is 0.312. The van der Waals surface area contributed by atoms with Gasteiger partial charge in [0, 0.05) is 43.2 Å². The van der Waals surface area contributed by atoms with Crippen molar-refractivity contribution in [2.24, 2.45) is 0 Å². The van der Waals surface area contributed by atoms with Crippen LogP contribution in [0.4, 0.5) is 11.4 Å². The van der Waals surface area contributed by atoms with Crippen LogP contribution in [0.1, 0.15) is 76.4 Å². The standard InChI is InChI=1S/C33H39N3O3/c1-2-3-4-8-24-12-14-26(15-13-24)32(37)35-28-16-17-31(36-19-18-25-9-5-6-10-27(25)23-36)30(21-28)33(38)34-22-29-11-7-20-39-29/h5-6,9-10,12-17,21,29H,2-4,7-8,11,18-20,22-23H2,1H3,(H,34,38)(H,35,37). The predicted molar refractivity (Wildman–Crippen MR) is 157 cm³/mol. The third-order valence-electron chi connectivity index (χ3n) is 7.77. The minimum atomic E-state index is -0.180. The molecule has 0 saturated carbocycles. The number of unbranched alkanes of at least 4 members (excludes halogenated alkanes) is 2. The second kappa shape index (κ2) is 12.9. The molecule has 2 N–H and O–H groups in total. The molecule has 2 aliphatic heterocycles. The highest BCUT2D eigenvalue weighted by Crippen LogP contribution is 2.30. The lowest BCUT2D eigenvalue weighted by Gasteiger charge is -2.32.